The highest BCUT2D eigenvalue weighted by Gasteiger charge is 2.40. The van der Waals surface area contributed by atoms with Gasteiger partial charge in [-0.3, -0.25) is 0 Å². The predicted molar refractivity (Wildman–Crippen MR) is 163 cm³/mol. The van der Waals surface area contributed by atoms with E-state index in [0.29, 0.717) is 0 Å². The summed E-state index contributed by atoms with van der Waals surface area (Å²) in [4.78, 5) is 25.5. The first-order valence-electron chi connectivity index (χ1n) is 13.7. The summed E-state index contributed by atoms with van der Waals surface area (Å²) in [5.74, 6) is -4.19. The van der Waals surface area contributed by atoms with Crippen LogP contribution in [0.5, 0.6) is 0 Å². The van der Waals surface area contributed by atoms with E-state index < -0.39 is 36.0 Å². The summed E-state index contributed by atoms with van der Waals surface area (Å²) in [5, 5.41) is 20.8. The first kappa shape index (κ1) is 30.2. The molecule has 0 heterocycles. The van der Waals surface area contributed by atoms with Gasteiger partial charge >= 0.3 is 11.9 Å². The third kappa shape index (κ3) is 9.13. The van der Waals surface area contributed by atoms with Gasteiger partial charge in [0.25, 0.3) is 0 Å². The van der Waals surface area contributed by atoms with Crippen molar-refractivity contribution in [1.29, 1.82) is 0 Å². The lowest BCUT2D eigenvalue weighted by Gasteiger charge is -2.31. The zero-order chi connectivity index (χ0) is 29.6. The topological polar surface area (TPSA) is 93.1 Å². The van der Waals surface area contributed by atoms with Crippen molar-refractivity contribution in [2.75, 3.05) is 0 Å². The maximum atomic E-state index is 12.8. The Kier molecular flexibility index (Phi) is 11.4. The number of carboxylic acids is 2. The molecule has 4 aromatic carbocycles. The number of benzene rings is 4. The highest BCUT2D eigenvalue weighted by Crippen LogP contribution is 2.30. The molecule has 2 N–H and O–H groups in total. The van der Waals surface area contributed by atoms with Crippen molar-refractivity contribution in [3.8, 4) is 0 Å². The third-order valence-corrected chi connectivity index (χ3v) is 6.80. The molecule has 4 rings (SSSR count). The maximum Gasteiger partial charge on any atom is 0.333 e. The zero-order valence-electron chi connectivity index (χ0n) is 23.1. The normalized spacial score (nSPS) is 14.4. The molecule has 4 unspecified atom stereocenters. The predicted octanol–water partition coefficient (Wildman–Crippen LogP) is 6.99. The fourth-order valence-corrected chi connectivity index (χ4v) is 4.65. The van der Waals surface area contributed by atoms with Crippen LogP contribution in [0.2, 0.25) is 0 Å². The van der Waals surface area contributed by atoms with Crippen LogP contribution in [0, 0.1) is 11.8 Å². The second kappa shape index (κ2) is 15.9. The number of aliphatic carboxylic acids is 2. The van der Waals surface area contributed by atoms with Crippen molar-refractivity contribution in [2.24, 2.45) is 11.8 Å². The number of hydrogen-bond donors (Lipinski definition) is 2. The van der Waals surface area contributed by atoms with Crippen LogP contribution in [0.15, 0.2) is 133 Å². The molecule has 0 spiro atoms. The Morgan fingerprint density at radius 3 is 1.14 bits per heavy atom. The SMILES string of the molecule is O=C(O)C(OCc1ccccc1)C(/C=C/c1ccccc1)C(/C=C/c1ccccc1)C(OCc1ccccc1)C(=O)O. The van der Waals surface area contributed by atoms with Gasteiger partial charge in [0.15, 0.2) is 12.2 Å². The summed E-state index contributed by atoms with van der Waals surface area (Å²) in [6.07, 6.45) is 4.32. The minimum Gasteiger partial charge on any atom is -0.479 e. The van der Waals surface area contributed by atoms with Crippen LogP contribution >= 0.6 is 0 Å². The molecule has 0 fully saturated rings. The Morgan fingerprint density at radius 1 is 0.524 bits per heavy atom. The number of carboxylic acid groups (broad SMARTS) is 2. The van der Waals surface area contributed by atoms with Gasteiger partial charge in [0.05, 0.1) is 13.2 Å². The van der Waals surface area contributed by atoms with Crippen LogP contribution in [-0.2, 0) is 32.3 Å². The molecule has 0 aliphatic carbocycles. The smallest absolute Gasteiger partial charge is 0.333 e. The van der Waals surface area contributed by atoms with Gasteiger partial charge in [0, 0.05) is 11.8 Å². The summed E-state index contributed by atoms with van der Waals surface area (Å²) in [7, 11) is 0. The molecule has 0 bridgehead atoms. The lowest BCUT2D eigenvalue weighted by molar-refractivity contribution is -0.163. The van der Waals surface area contributed by atoms with Crippen LogP contribution < -0.4 is 0 Å². The lowest BCUT2D eigenvalue weighted by atomic mass is 9.81. The van der Waals surface area contributed by atoms with E-state index in [1.54, 1.807) is 24.3 Å². The van der Waals surface area contributed by atoms with E-state index in [9.17, 15) is 19.8 Å². The third-order valence-electron chi connectivity index (χ3n) is 6.80. The Morgan fingerprint density at radius 2 is 0.833 bits per heavy atom. The number of carbonyl (C=O) groups is 2. The van der Waals surface area contributed by atoms with Crippen molar-refractivity contribution in [3.05, 3.63) is 156 Å². The van der Waals surface area contributed by atoms with E-state index in [1.807, 2.05) is 121 Å². The van der Waals surface area contributed by atoms with Crippen molar-refractivity contribution >= 4 is 24.1 Å². The average molecular weight is 563 g/mol. The van der Waals surface area contributed by atoms with Crippen LogP contribution in [0.1, 0.15) is 22.3 Å². The molecule has 6 heteroatoms. The van der Waals surface area contributed by atoms with Gasteiger partial charge in [0.2, 0.25) is 0 Å². The van der Waals surface area contributed by atoms with Gasteiger partial charge in [0.1, 0.15) is 0 Å². The molecular formula is C36H34O6. The standard InChI is InChI=1S/C36H34O6/c37-35(38)33(41-25-29-17-9-3-10-18-29)31(23-21-27-13-5-1-6-14-27)32(24-22-28-15-7-2-8-16-28)34(36(39)40)42-26-30-19-11-4-12-20-30/h1-24,31-34H,25-26H2,(H,37,38)(H,39,40)/b23-21+,24-22+. The molecule has 0 saturated carbocycles. The van der Waals surface area contributed by atoms with Crippen LogP contribution in [0.4, 0.5) is 0 Å². The molecule has 4 aromatic rings. The van der Waals surface area contributed by atoms with Crippen molar-refractivity contribution < 1.29 is 29.3 Å². The fraction of sp³-hybridized carbons (Fsp3) is 0.167. The molecule has 0 radical (unpaired) electrons. The van der Waals surface area contributed by atoms with Gasteiger partial charge in [-0.25, -0.2) is 9.59 Å². The van der Waals surface area contributed by atoms with Crippen molar-refractivity contribution in [1.82, 2.24) is 0 Å². The van der Waals surface area contributed by atoms with Gasteiger partial charge in [-0.2, -0.15) is 0 Å². The second-order valence-corrected chi connectivity index (χ2v) is 9.81. The second-order valence-electron chi connectivity index (χ2n) is 9.81. The molecule has 0 aromatic heterocycles. The molecule has 0 aliphatic rings. The molecule has 6 nitrogen and oxygen atoms in total. The quantitative estimate of drug-likeness (QED) is 0.162. The Bertz CT molecular complexity index is 1320. The zero-order valence-corrected chi connectivity index (χ0v) is 23.1. The summed E-state index contributed by atoms with van der Waals surface area (Å²) < 4.78 is 12.1. The highest BCUT2D eigenvalue weighted by molar-refractivity contribution is 5.76. The summed E-state index contributed by atoms with van der Waals surface area (Å²) in [5.41, 5.74) is 3.30. The Labute approximate surface area is 246 Å². The van der Waals surface area contributed by atoms with Crippen LogP contribution in [0.3, 0.4) is 0 Å². The molecule has 0 amide bonds. The van der Waals surface area contributed by atoms with Gasteiger partial charge < -0.3 is 19.7 Å². The van der Waals surface area contributed by atoms with E-state index in [4.69, 9.17) is 9.47 Å². The molecule has 0 aliphatic heterocycles. The first-order chi connectivity index (χ1) is 20.5. The molecule has 214 valence electrons. The average Bonchev–Trinajstić information content (AvgIpc) is 3.02. The van der Waals surface area contributed by atoms with Crippen molar-refractivity contribution in [3.63, 3.8) is 0 Å². The maximum absolute atomic E-state index is 12.8. The molecule has 42 heavy (non-hydrogen) atoms. The van der Waals surface area contributed by atoms with Crippen molar-refractivity contribution in [2.45, 2.75) is 25.4 Å². The van der Waals surface area contributed by atoms with Gasteiger partial charge in [-0.1, -0.05) is 146 Å². The number of ether oxygens (including phenoxy) is 2. The minimum absolute atomic E-state index is 0.0468. The number of rotatable bonds is 15. The van der Waals surface area contributed by atoms with E-state index in [2.05, 4.69) is 0 Å². The number of hydrogen-bond acceptors (Lipinski definition) is 4. The van der Waals surface area contributed by atoms with Gasteiger partial charge in [-0.15, -0.1) is 0 Å². The minimum atomic E-state index is -1.36. The highest BCUT2D eigenvalue weighted by atomic mass is 16.5. The largest absolute Gasteiger partial charge is 0.479 e. The lowest BCUT2D eigenvalue weighted by Crippen LogP contribution is -2.43. The van der Waals surface area contributed by atoms with E-state index in [-0.39, 0.29) is 13.2 Å². The summed E-state index contributed by atoms with van der Waals surface area (Å²) >= 11 is 0. The van der Waals surface area contributed by atoms with Crippen LogP contribution in [-0.4, -0.2) is 34.4 Å². The van der Waals surface area contributed by atoms with E-state index in [0.717, 1.165) is 22.3 Å². The summed E-state index contributed by atoms with van der Waals surface area (Å²) in [6.45, 7) is 0.0937. The van der Waals surface area contributed by atoms with E-state index >= 15 is 0 Å². The Balaban J connectivity index is 1.76. The monoisotopic (exact) mass is 562 g/mol. The Hall–Kier alpha value is -4.78. The summed E-state index contributed by atoms with van der Waals surface area (Å²) in [6, 6.07) is 37.4. The fourth-order valence-electron chi connectivity index (χ4n) is 4.65. The first-order valence-corrected chi connectivity index (χ1v) is 13.7. The molecule has 0 saturated heterocycles. The molecule has 4 atom stereocenters. The van der Waals surface area contributed by atoms with E-state index in [1.165, 1.54) is 0 Å². The van der Waals surface area contributed by atoms with Crippen LogP contribution in [0.25, 0.3) is 12.2 Å². The van der Waals surface area contributed by atoms with Gasteiger partial charge in [-0.05, 0) is 22.3 Å². The molecular weight excluding hydrogens is 528 g/mol.